The molecule has 0 aromatic heterocycles. The zero-order chi connectivity index (χ0) is 26.6. The Morgan fingerprint density at radius 3 is 0.622 bits per heavy atom. The van der Waals surface area contributed by atoms with Crippen LogP contribution in [0.2, 0.25) is 0 Å². The van der Waals surface area contributed by atoms with Crippen molar-refractivity contribution in [2.24, 2.45) is 0 Å². The highest BCUT2D eigenvalue weighted by Gasteiger charge is 1.94. The molecule has 0 aliphatic rings. The maximum atomic E-state index is 3.76. The first-order chi connectivity index (χ1) is 17.8. The summed E-state index contributed by atoms with van der Waals surface area (Å²) in [5, 5.41) is 0. The van der Waals surface area contributed by atoms with Gasteiger partial charge >= 0.3 is 0 Å². The Hall–Kier alpha value is -0.170. The first kappa shape index (κ1) is 41.3. The van der Waals surface area contributed by atoms with Gasteiger partial charge in [0.05, 0.1) is 0 Å². The first-order valence-corrected chi connectivity index (χ1v) is 17.0. The quantitative estimate of drug-likeness (QED) is 0.0630. The summed E-state index contributed by atoms with van der Waals surface area (Å²) in [4.78, 5) is 0. The average molecular weight is 539 g/mol. The van der Waals surface area contributed by atoms with Crippen LogP contribution in [0.4, 0.5) is 0 Å². The van der Waals surface area contributed by atoms with Crippen LogP contribution in [-0.4, -0.2) is 0 Å². The van der Waals surface area contributed by atoms with Gasteiger partial charge in [0.25, 0.3) is 0 Å². The van der Waals surface area contributed by atoms with Crippen LogP contribution in [-0.2, 0) is 0 Å². The third-order valence-electron chi connectivity index (χ3n) is 7.52. The van der Waals surface area contributed by atoms with Crippen LogP contribution in [0, 0.1) is 0 Å². The van der Waals surface area contributed by atoms with E-state index in [1.807, 2.05) is 12.2 Å². The van der Waals surface area contributed by atoms with Crippen molar-refractivity contribution in [1.82, 2.24) is 0 Å². The molecule has 0 bridgehead atoms. The van der Waals surface area contributed by atoms with E-state index in [2.05, 4.69) is 27.0 Å². The highest BCUT2D eigenvalue weighted by molar-refractivity contribution is 7.59. The predicted molar refractivity (Wildman–Crippen MR) is 181 cm³/mol. The lowest BCUT2D eigenvalue weighted by molar-refractivity contribution is 0.536. The van der Waals surface area contributed by atoms with E-state index in [-0.39, 0.29) is 13.5 Å². The van der Waals surface area contributed by atoms with Gasteiger partial charge in [-0.1, -0.05) is 193 Å². The van der Waals surface area contributed by atoms with Crippen LogP contribution < -0.4 is 0 Å². The van der Waals surface area contributed by atoms with E-state index in [4.69, 9.17) is 0 Å². The van der Waals surface area contributed by atoms with Crippen molar-refractivity contribution in [2.75, 3.05) is 0 Å². The molecule has 0 radical (unpaired) electrons. The van der Waals surface area contributed by atoms with Crippen molar-refractivity contribution in [3.63, 3.8) is 0 Å². The number of allylic oxidation sites excluding steroid dienone is 2. The van der Waals surface area contributed by atoms with Crippen molar-refractivity contribution < 1.29 is 0 Å². The van der Waals surface area contributed by atoms with E-state index < -0.39 is 0 Å². The van der Waals surface area contributed by atoms with E-state index in [9.17, 15) is 0 Å². The highest BCUT2D eigenvalue weighted by atomic mass is 32.1. The molecule has 1 heteroatoms. The van der Waals surface area contributed by atoms with Gasteiger partial charge in [0.1, 0.15) is 0 Å². The second-order valence-corrected chi connectivity index (χ2v) is 11.3. The van der Waals surface area contributed by atoms with Crippen LogP contribution >= 0.6 is 13.5 Å². The van der Waals surface area contributed by atoms with Gasteiger partial charge in [-0.15, -0.1) is 13.2 Å². The minimum absolute atomic E-state index is 0. The summed E-state index contributed by atoms with van der Waals surface area (Å²) in [6.07, 6.45) is 46.9. The molecule has 0 spiro atoms. The average Bonchev–Trinajstić information content (AvgIpc) is 2.89. The lowest BCUT2D eigenvalue weighted by Crippen LogP contribution is -1.83. The van der Waals surface area contributed by atoms with Crippen molar-refractivity contribution >= 4 is 13.5 Å². The number of hydrogen-bond acceptors (Lipinski definition) is 0. The molecule has 0 aromatic rings. The summed E-state index contributed by atoms with van der Waals surface area (Å²) in [6.45, 7) is 12.1. The number of hydrogen-bond donors (Lipinski definition) is 0. The number of rotatable bonds is 30. The van der Waals surface area contributed by atoms with Gasteiger partial charge in [-0.3, -0.25) is 0 Å². The van der Waals surface area contributed by atoms with Crippen LogP contribution in [0.1, 0.15) is 206 Å². The van der Waals surface area contributed by atoms with Crippen LogP contribution in [0.25, 0.3) is 0 Å². The second-order valence-electron chi connectivity index (χ2n) is 11.3. The van der Waals surface area contributed by atoms with Gasteiger partial charge in [0.2, 0.25) is 0 Å². The van der Waals surface area contributed by atoms with Gasteiger partial charge < -0.3 is 0 Å². The summed E-state index contributed by atoms with van der Waals surface area (Å²) in [5.74, 6) is 0. The molecule has 0 saturated carbocycles. The topological polar surface area (TPSA) is 0 Å². The molecule has 0 aliphatic carbocycles. The standard InChI is InChI=1S/2C18H36.H2S/c2*1-3-5-7-9-11-13-15-17-18-16-14-12-10-8-6-4-2;/h2*3H,1,4-18H2,2H3;1H2. The molecule has 0 rings (SSSR count). The SMILES string of the molecule is C=CCCCCCCCCCCCCCCCC.C=CCCCCCCCCCCCCCCCC.S. The van der Waals surface area contributed by atoms with E-state index in [0.29, 0.717) is 0 Å². The summed E-state index contributed by atoms with van der Waals surface area (Å²) in [7, 11) is 0. The van der Waals surface area contributed by atoms with Crippen molar-refractivity contribution in [2.45, 2.75) is 206 Å². The van der Waals surface area contributed by atoms with Crippen LogP contribution in [0.3, 0.4) is 0 Å². The third kappa shape index (κ3) is 46.1. The van der Waals surface area contributed by atoms with Crippen LogP contribution in [0.15, 0.2) is 25.3 Å². The van der Waals surface area contributed by atoms with Crippen molar-refractivity contribution in [3.8, 4) is 0 Å². The number of unbranched alkanes of at least 4 members (excludes halogenated alkanes) is 28. The fourth-order valence-electron chi connectivity index (χ4n) is 4.97. The highest BCUT2D eigenvalue weighted by Crippen LogP contribution is 2.14. The maximum Gasteiger partial charge on any atom is -0.0353 e. The molecular formula is C36H74S. The monoisotopic (exact) mass is 539 g/mol. The fraction of sp³-hybridized carbons (Fsp3) is 0.889. The minimum atomic E-state index is 0. The molecule has 224 valence electrons. The van der Waals surface area contributed by atoms with Crippen molar-refractivity contribution in [1.29, 1.82) is 0 Å². The molecule has 0 N–H and O–H groups in total. The Bertz CT molecular complexity index is 339. The van der Waals surface area contributed by atoms with Gasteiger partial charge in [-0.2, -0.15) is 13.5 Å². The molecular weight excluding hydrogens is 464 g/mol. The molecule has 0 nitrogen and oxygen atoms in total. The Kier molecular flexibility index (Phi) is 47.9. The zero-order valence-electron chi connectivity index (χ0n) is 26.3. The van der Waals surface area contributed by atoms with Gasteiger partial charge in [-0.05, 0) is 25.7 Å². The Morgan fingerprint density at radius 2 is 0.459 bits per heavy atom. The Balaban J connectivity index is -0.000000608. The van der Waals surface area contributed by atoms with Gasteiger partial charge in [-0.25, -0.2) is 0 Å². The predicted octanol–water partition coefficient (Wildman–Crippen LogP) is 14.2. The molecule has 0 saturated heterocycles. The normalized spacial score (nSPS) is 10.4. The molecule has 0 aromatic carbocycles. The lowest BCUT2D eigenvalue weighted by Gasteiger charge is -2.02. The largest absolute Gasteiger partial charge is 0.197 e. The summed E-state index contributed by atoms with van der Waals surface area (Å²) < 4.78 is 0. The van der Waals surface area contributed by atoms with E-state index in [1.54, 1.807) is 0 Å². The molecule has 37 heavy (non-hydrogen) atoms. The first-order valence-electron chi connectivity index (χ1n) is 17.0. The van der Waals surface area contributed by atoms with E-state index >= 15 is 0 Å². The molecule has 0 heterocycles. The lowest BCUT2D eigenvalue weighted by atomic mass is 10.0. The zero-order valence-corrected chi connectivity index (χ0v) is 27.3. The van der Waals surface area contributed by atoms with E-state index in [1.165, 1.54) is 193 Å². The molecule has 0 aliphatic heterocycles. The van der Waals surface area contributed by atoms with Gasteiger partial charge in [0, 0.05) is 0 Å². The molecule has 0 unspecified atom stereocenters. The fourth-order valence-corrected chi connectivity index (χ4v) is 4.97. The maximum absolute atomic E-state index is 3.76. The Morgan fingerprint density at radius 1 is 0.297 bits per heavy atom. The molecule has 0 amide bonds. The minimum Gasteiger partial charge on any atom is -0.197 e. The van der Waals surface area contributed by atoms with Gasteiger partial charge in [0.15, 0.2) is 0 Å². The third-order valence-corrected chi connectivity index (χ3v) is 7.52. The summed E-state index contributed by atoms with van der Waals surface area (Å²) >= 11 is 0. The van der Waals surface area contributed by atoms with E-state index in [0.717, 1.165) is 0 Å². The van der Waals surface area contributed by atoms with Crippen LogP contribution in [0.5, 0.6) is 0 Å². The molecule has 0 fully saturated rings. The molecule has 0 atom stereocenters. The summed E-state index contributed by atoms with van der Waals surface area (Å²) in [5.41, 5.74) is 0. The second kappa shape index (κ2) is 42.9. The smallest absolute Gasteiger partial charge is 0.0353 e. The van der Waals surface area contributed by atoms with Crippen molar-refractivity contribution in [3.05, 3.63) is 25.3 Å². The Labute approximate surface area is 244 Å². The summed E-state index contributed by atoms with van der Waals surface area (Å²) in [6, 6.07) is 0.